The summed E-state index contributed by atoms with van der Waals surface area (Å²) in [7, 11) is 3.14. The summed E-state index contributed by atoms with van der Waals surface area (Å²) in [5, 5.41) is 3.85. The van der Waals surface area contributed by atoms with Crippen LogP contribution in [-0.4, -0.2) is 17.6 Å². The summed E-state index contributed by atoms with van der Waals surface area (Å²) in [4.78, 5) is 25.8. The van der Waals surface area contributed by atoms with Crippen molar-refractivity contribution in [3.8, 4) is 16.9 Å². The maximum atomic E-state index is 13.3. The van der Waals surface area contributed by atoms with E-state index in [1.807, 2.05) is 30.3 Å². The van der Waals surface area contributed by atoms with Crippen molar-refractivity contribution in [2.75, 3.05) is 7.11 Å². The lowest BCUT2D eigenvalue weighted by Crippen LogP contribution is -2.30. The third kappa shape index (κ3) is 4.91. The molecule has 0 fully saturated rings. The number of carbonyl (C=O) groups excluding carboxylic acids is 1. The summed E-state index contributed by atoms with van der Waals surface area (Å²) in [6, 6.07) is 19.5. The van der Waals surface area contributed by atoms with Crippen LogP contribution in [0.25, 0.3) is 21.9 Å². The lowest BCUT2D eigenvalue weighted by Gasteiger charge is -2.19. The number of halogens is 3. The number of hydrogen-bond acceptors (Lipinski definition) is 3. The molecular weight excluding hydrogens is 457 g/mol. The third-order valence-electron chi connectivity index (χ3n) is 5.91. The second kappa shape index (κ2) is 9.66. The van der Waals surface area contributed by atoms with Crippen LogP contribution in [0, 0.1) is 0 Å². The van der Waals surface area contributed by atoms with Gasteiger partial charge in [-0.3, -0.25) is 9.59 Å². The molecule has 5 nitrogen and oxygen atoms in total. The van der Waals surface area contributed by atoms with Crippen molar-refractivity contribution in [1.29, 1.82) is 0 Å². The highest BCUT2D eigenvalue weighted by atomic mass is 19.4. The van der Waals surface area contributed by atoms with E-state index in [-0.39, 0.29) is 17.7 Å². The standard InChI is InChI=1S/C27H23F3N2O3/c1-32-23(16-31-24(33)14-18-10-6-7-11-22(18)27(28,29)30)25(17-8-4-3-5-9-17)21-15-19(35-2)12-13-20(21)26(32)34/h3-13,15H,14,16H2,1-2H3,(H,31,33). The molecule has 4 aromatic rings. The number of pyridine rings is 1. The topological polar surface area (TPSA) is 60.3 Å². The van der Waals surface area contributed by atoms with Gasteiger partial charge < -0.3 is 14.6 Å². The Morgan fingerprint density at radius 3 is 2.34 bits per heavy atom. The zero-order valence-electron chi connectivity index (χ0n) is 19.1. The molecule has 8 heteroatoms. The summed E-state index contributed by atoms with van der Waals surface area (Å²) >= 11 is 0. The van der Waals surface area contributed by atoms with E-state index in [1.165, 1.54) is 29.9 Å². The molecule has 35 heavy (non-hydrogen) atoms. The molecule has 3 aromatic carbocycles. The van der Waals surface area contributed by atoms with Crippen molar-refractivity contribution in [3.05, 3.63) is 100.0 Å². The first-order valence-corrected chi connectivity index (χ1v) is 10.9. The van der Waals surface area contributed by atoms with Gasteiger partial charge in [0, 0.05) is 29.1 Å². The van der Waals surface area contributed by atoms with Crippen LogP contribution in [0.1, 0.15) is 16.8 Å². The van der Waals surface area contributed by atoms with Gasteiger partial charge in [-0.2, -0.15) is 13.2 Å². The highest BCUT2D eigenvalue weighted by Crippen LogP contribution is 2.33. The van der Waals surface area contributed by atoms with Crippen LogP contribution < -0.4 is 15.6 Å². The molecule has 1 amide bonds. The van der Waals surface area contributed by atoms with Gasteiger partial charge in [0.25, 0.3) is 5.56 Å². The van der Waals surface area contributed by atoms with Gasteiger partial charge in [0.15, 0.2) is 0 Å². The van der Waals surface area contributed by atoms with Crippen LogP contribution >= 0.6 is 0 Å². The summed E-state index contributed by atoms with van der Waals surface area (Å²) in [5.41, 5.74) is 0.877. The van der Waals surface area contributed by atoms with Gasteiger partial charge in [0.2, 0.25) is 5.91 Å². The fourth-order valence-corrected chi connectivity index (χ4v) is 4.17. The molecule has 1 heterocycles. The number of nitrogens with zero attached hydrogens (tertiary/aromatic N) is 1. The van der Waals surface area contributed by atoms with E-state index in [4.69, 9.17) is 4.74 Å². The molecule has 0 bridgehead atoms. The average Bonchev–Trinajstić information content (AvgIpc) is 2.85. The van der Waals surface area contributed by atoms with Crippen LogP contribution in [-0.2, 0) is 31.0 Å². The smallest absolute Gasteiger partial charge is 0.416 e. The Labute approximate surface area is 199 Å². The molecule has 0 unspecified atom stereocenters. The van der Waals surface area contributed by atoms with E-state index >= 15 is 0 Å². The number of methoxy groups -OCH3 is 1. The van der Waals surface area contributed by atoms with Crippen LogP contribution in [0.3, 0.4) is 0 Å². The SMILES string of the molecule is COc1ccc2c(=O)n(C)c(CNC(=O)Cc3ccccc3C(F)(F)F)c(-c3ccccc3)c2c1. The predicted octanol–water partition coefficient (Wildman–Crippen LogP) is 5.09. The molecule has 0 radical (unpaired) electrons. The Morgan fingerprint density at radius 1 is 0.971 bits per heavy atom. The van der Waals surface area contributed by atoms with Gasteiger partial charge in [0.1, 0.15) is 5.75 Å². The second-order valence-corrected chi connectivity index (χ2v) is 8.07. The van der Waals surface area contributed by atoms with E-state index in [9.17, 15) is 22.8 Å². The molecule has 0 aliphatic rings. The summed E-state index contributed by atoms with van der Waals surface area (Å²) < 4.78 is 46.8. The lowest BCUT2D eigenvalue weighted by molar-refractivity contribution is -0.138. The van der Waals surface area contributed by atoms with Gasteiger partial charge >= 0.3 is 6.18 Å². The number of carbonyl (C=O) groups is 1. The predicted molar refractivity (Wildman–Crippen MR) is 128 cm³/mol. The van der Waals surface area contributed by atoms with Gasteiger partial charge in [-0.15, -0.1) is 0 Å². The minimum Gasteiger partial charge on any atom is -0.497 e. The van der Waals surface area contributed by atoms with Gasteiger partial charge in [0.05, 0.1) is 25.6 Å². The number of aromatic nitrogens is 1. The molecule has 0 atom stereocenters. The van der Waals surface area contributed by atoms with E-state index in [2.05, 4.69) is 5.32 Å². The van der Waals surface area contributed by atoms with Crippen molar-refractivity contribution < 1.29 is 22.7 Å². The number of amides is 1. The van der Waals surface area contributed by atoms with Crippen molar-refractivity contribution in [2.24, 2.45) is 7.05 Å². The molecule has 0 aliphatic carbocycles. The number of rotatable bonds is 6. The van der Waals surface area contributed by atoms with Crippen LogP contribution in [0.5, 0.6) is 5.75 Å². The number of alkyl halides is 3. The van der Waals surface area contributed by atoms with Gasteiger partial charge in [-0.25, -0.2) is 0 Å². The quantitative estimate of drug-likeness (QED) is 0.418. The number of hydrogen-bond donors (Lipinski definition) is 1. The molecule has 0 saturated heterocycles. The largest absolute Gasteiger partial charge is 0.497 e. The minimum absolute atomic E-state index is 0.0455. The Balaban J connectivity index is 1.74. The molecule has 0 aliphatic heterocycles. The zero-order valence-corrected chi connectivity index (χ0v) is 19.1. The highest BCUT2D eigenvalue weighted by molar-refractivity contribution is 5.98. The van der Waals surface area contributed by atoms with Crippen molar-refractivity contribution in [1.82, 2.24) is 9.88 Å². The molecule has 180 valence electrons. The summed E-state index contributed by atoms with van der Waals surface area (Å²) in [6.07, 6.45) is -5.00. The number of ether oxygens (including phenoxy) is 1. The maximum Gasteiger partial charge on any atom is 0.416 e. The third-order valence-corrected chi connectivity index (χ3v) is 5.91. The van der Waals surface area contributed by atoms with Crippen molar-refractivity contribution in [3.63, 3.8) is 0 Å². The van der Waals surface area contributed by atoms with Gasteiger partial charge in [-0.1, -0.05) is 48.5 Å². The average molecular weight is 480 g/mol. The molecule has 0 saturated carbocycles. The number of nitrogens with one attached hydrogen (secondary N) is 1. The monoisotopic (exact) mass is 480 g/mol. The highest BCUT2D eigenvalue weighted by Gasteiger charge is 2.33. The van der Waals surface area contributed by atoms with Crippen LogP contribution in [0.2, 0.25) is 0 Å². The zero-order chi connectivity index (χ0) is 25.2. The van der Waals surface area contributed by atoms with E-state index in [1.54, 1.807) is 25.2 Å². The van der Waals surface area contributed by atoms with Crippen molar-refractivity contribution >= 4 is 16.7 Å². The minimum atomic E-state index is -4.56. The first kappa shape index (κ1) is 24.1. The Bertz CT molecular complexity index is 1440. The molecule has 1 N–H and O–H groups in total. The molecule has 0 spiro atoms. The van der Waals surface area contributed by atoms with Crippen LogP contribution in [0.15, 0.2) is 77.6 Å². The molecule has 1 aromatic heterocycles. The fraction of sp³-hybridized carbons (Fsp3) is 0.185. The van der Waals surface area contributed by atoms with E-state index < -0.39 is 24.1 Å². The van der Waals surface area contributed by atoms with E-state index in [0.717, 1.165) is 17.2 Å². The number of benzene rings is 3. The van der Waals surface area contributed by atoms with Gasteiger partial charge in [-0.05, 0) is 35.4 Å². The summed E-state index contributed by atoms with van der Waals surface area (Å²) in [5.74, 6) is -0.0134. The first-order valence-electron chi connectivity index (χ1n) is 10.9. The first-order chi connectivity index (χ1) is 16.7. The Kier molecular flexibility index (Phi) is 6.64. The molecular formula is C27H23F3N2O3. The van der Waals surface area contributed by atoms with Crippen LogP contribution in [0.4, 0.5) is 13.2 Å². The maximum absolute atomic E-state index is 13.3. The second-order valence-electron chi connectivity index (χ2n) is 8.07. The number of fused-ring (bicyclic) bond motifs is 1. The van der Waals surface area contributed by atoms with Crippen molar-refractivity contribution in [2.45, 2.75) is 19.1 Å². The Morgan fingerprint density at radius 2 is 1.66 bits per heavy atom. The Hall–Kier alpha value is -4.07. The summed E-state index contributed by atoms with van der Waals surface area (Å²) in [6.45, 7) is -0.0455. The fourth-order valence-electron chi connectivity index (χ4n) is 4.17. The lowest BCUT2D eigenvalue weighted by atomic mass is 9.96. The molecule has 4 rings (SSSR count). The normalized spacial score (nSPS) is 11.5. The van der Waals surface area contributed by atoms with E-state index in [0.29, 0.717) is 22.2 Å².